The summed E-state index contributed by atoms with van der Waals surface area (Å²) in [5.74, 6) is -0.344. The van der Waals surface area contributed by atoms with Gasteiger partial charge >= 0.3 is 7.82 Å². The average molecular weight is 738 g/mol. The number of nitrogens with one attached hydrogen (secondary N) is 1. The van der Waals surface area contributed by atoms with Crippen molar-refractivity contribution in [3.8, 4) is 0 Å². The molecule has 6 unspecified atom stereocenters. The number of rotatable bonds is 31. The first-order valence-electron chi connectivity index (χ1n) is 19.6. The largest absolute Gasteiger partial charge is 0.472 e. The molecule has 0 radical (unpaired) electrons. The number of unbranched alkanes of at least 4 members (excludes halogenated alkanes) is 20. The highest BCUT2D eigenvalue weighted by molar-refractivity contribution is 7.47. The van der Waals surface area contributed by atoms with Crippen molar-refractivity contribution < 1.29 is 53.9 Å². The Labute approximate surface area is 301 Å². The lowest BCUT2D eigenvalue weighted by atomic mass is 9.85. The van der Waals surface area contributed by atoms with Gasteiger partial charge in [-0.3, -0.25) is 13.8 Å². The molecule has 1 rings (SSSR count). The predicted molar refractivity (Wildman–Crippen MR) is 195 cm³/mol. The third-order valence-corrected chi connectivity index (χ3v) is 10.6. The molecule has 1 amide bonds. The van der Waals surface area contributed by atoms with Gasteiger partial charge in [0, 0.05) is 6.42 Å². The Hall–Kier alpha value is -0.920. The fourth-order valence-electron chi connectivity index (χ4n) is 6.25. The molecule has 9 atom stereocenters. The smallest absolute Gasteiger partial charge is 0.387 e. The van der Waals surface area contributed by atoms with E-state index >= 15 is 0 Å². The van der Waals surface area contributed by atoms with Crippen molar-refractivity contribution in [2.75, 3.05) is 6.61 Å². The summed E-state index contributed by atoms with van der Waals surface area (Å²) in [5, 5.41) is 63.6. The molecule has 0 bridgehead atoms. The fraction of sp³-hybridized carbons (Fsp3) is 0.919. The maximum absolute atomic E-state index is 12.8. The molecule has 8 N–H and O–H groups in total. The van der Waals surface area contributed by atoms with Crippen LogP contribution in [0, 0.1) is 0 Å². The van der Waals surface area contributed by atoms with Crippen molar-refractivity contribution in [2.45, 2.75) is 210 Å². The van der Waals surface area contributed by atoms with Crippen LogP contribution in [0.5, 0.6) is 0 Å². The van der Waals surface area contributed by atoms with Gasteiger partial charge in [0.25, 0.3) is 0 Å². The molecule has 1 fully saturated rings. The number of allylic oxidation sites excluding steroid dienone is 1. The Bertz CT molecular complexity index is 910. The summed E-state index contributed by atoms with van der Waals surface area (Å²) in [6.45, 7) is 3.78. The van der Waals surface area contributed by atoms with Gasteiger partial charge < -0.3 is 40.8 Å². The van der Waals surface area contributed by atoms with Gasteiger partial charge in [-0.15, -0.1) is 0 Å². The lowest BCUT2D eigenvalue weighted by molar-refractivity contribution is -0.220. The lowest BCUT2D eigenvalue weighted by Crippen LogP contribution is -2.64. The van der Waals surface area contributed by atoms with Crippen LogP contribution >= 0.6 is 7.82 Å². The molecule has 13 heteroatoms. The Kier molecular flexibility index (Phi) is 26.9. The van der Waals surface area contributed by atoms with Crippen molar-refractivity contribution >= 4 is 13.7 Å². The van der Waals surface area contributed by atoms with Gasteiger partial charge in [-0.1, -0.05) is 148 Å². The molecule has 0 spiro atoms. The van der Waals surface area contributed by atoms with Gasteiger partial charge in [-0.2, -0.15) is 0 Å². The zero-order valence-electron chi connectivity index (χ0n) is 31.0. The van der Waals surface area contributed by atoms with Crippen LogP contribution in [0.3, 0.4) is 0 Å². The Morgan fingerprint density at radius 2 is 1.06 bits per heavy atom. The summed E-state index contributed by atoms with van der Waals surface area (Å²) in [5.41, 5.74) is 0. The maximum Gasteiger partial charge on any atom is 0.472 e. The summed E-state index contributed by atoms with van der Waals surface area (Å²) < 4.78 is 22.7. The first kappa shape index (κ1) is 47.1. The molecule has 12 nitrogen and oxygen atoms in total. The van der Waals surface area contributed by atoms with Gasteiger partial charge in [0.1, 0.15) is 36.6 Å². The zero-order valence-corrected chi connectivity index (χ0v) is 31.8. The maximum atomic E-state index is 12.8. The second kappa shape index (κ2) is 28.6. The number of aliphatic hydroxyl groups excluding tert-OH is 6. The highest BCUT2D eigenvalue weighted by Gasteiger charge is 2.51. The van der Waals surface area contributed by atoms with Crippen LogP contribution < -0.4 is 5.32 Å². The van der Waals surface area contributed by atoms with Gasteiger partial charge in [0.15, 0.2) is 0 Å². The quantitative estimate of drug-likeness (QED) is 0.0245. The second-order valence-electron chi connectivity index (χ2n) is 14.1. The molecular weight excluding hydrogens is 665 g/mol. The summed E-state index contributed by atoms with van der Waals surface area (Å²) in [6.07, 6.45) is 15.9. The summed E-state index contributed by atoms with van der Waals surface area (Å²) in [7, 11) is -5.06. The van der Waals surface area contributed by atoms with E-state index in [0.29, 0.717) is 6.42 Å². The van der Waals surface area contributed by atoms with Crippen LogP contribution in [0.25, 0.3) is 0 Å². The number of phosphoric acid groups is 1. The Balaban J connectivity index is 2.61. The van der Waals surface area contributed by atoms with E-state index in [1.54, 1.807) is 0 Å². The second-order valence-corrected chi connectivity index (χ2v) is 15.5. The monoisotopic (exact) mass is 737 g/mol. The molecular formula is C37H72NO11P. The number of hydrogen-bond acceptors (Lipinski definition) is 10. The highest BCUT2D eigenvalue weighted by atomic mass is 31.2. The molecule has 0 aliphatic heterocycles. The van der Waals surface area contributed by atoms with E-state index in [1.165, 1.54) is 96.0 Å². The standard InChI is InChI=1S/C37H72NO11P/c1-3-5-7-9-11-13-15-16-17-18-20-22-24-26-30(39)29(38-31(40)27-25-23-21-19-14-12-10-8-6-4-2)28-48-50(46,47)49-37-35(44)33(42)32(41)34(43)36(37)45/h24,26,29-30,32-37,39,41-45H,3-23,25,27-28H2,1-2H3,(H,38,40)(H,46,47)/b26-24+/t29-,30+,32?,33+,34?,35?,36?,37?/m0/s1. The molecule has 1 aliphatic rings. The van der Waals surface area contributed by atoms with Gasteiger partial charge in [0.05, 0.1) is 18.8 Å². The van der Waals surface area contributed by atoms with E-state index in [9.17, 15) is 44.9 Å². The number of phosphoric ester groups is 1. The van der Waals surface area contributed by atoms with Crippen LogP contribution in [-0.4, -0.2) is 96.8 Å². The van der Waals surface area contributed by atoms with Gasteiger partial charge in [0.2, 0.25) is 5.91 Å². The van der Waals surface area contributed by atoms with E-state index in [0.717, 1.165) is 44.9 Å². The van der Waals surface area contributed by atoms with E-state index in [2.05, 4.69) is 19.2 Å². The minimum absolute atomic E-state index is 0.216. The summed E-state index contributed by atoms with van der Waals surface area (Å²) in [6, 6.07) is -1.11. The number of aliphatic hydroxyl groups is 6. The fourth-order valence-corrected chi connectivity index (χ4v) is 7.22. The molecule has 0 heterocycles. The van der Waals surface area contributed by atoms with Crippen LogP contribution in [0.1, 0.15) is 162 Å². The van der Waals surface area contributed by atoms with Crippen molar-refractivity contribution in [1.82, 2.24) is 5.32 Å². The van der Waals surface area contributed by atoms with Gasteiger partial charge in [-0.05, 0) is 19.3 Å². The molecule has 0 aromatic rings. The number of hydrogen-bond donors (Lipinski definition) is 8. The van der Waals surface area contributed by atoms with E-state index in [4.69, 9.17) is 9.05 Å². The Morgan fingerprint density at radius 3 is 1.52 bits per heavy atom. The normalized spacial score (nSPS) is 25.1. The van der Waals surface area contributed by atoms with Crippen molar-refractivity contribution in [3.63, 3.8) is 0 Å². The van der Waals surface area contributed by atoms with Crippen molar-refractivity contribution in [2.24, 2.45) is 0 Å². The van der Waals surface area contributed by atoms with Gasteiger partial charge in [-0.25, -0.2) is 4.57 Å². The van der Waals surface area contributed by atoms with Crippen LogP contribution in [-0.2, 0) is 18.4 Å². The van der Waals surface area contributed by atoms with Crippen LogP contribution in [0.4, 0.5) is 0 Å². The molecule has 50 heavy (non-hydrogen) atoms. The van der Waals surface area contributed by atoms with Crippen molar-refractivity contribution in [3.05, 3.63) is 12.2 Å². The zero-order chi connectivity index (χ0) is 37.2. The summed E-state index contributed by atoms with van der Waals surface area (Å²) >= 11 is 0. The molecule has 1 saturated carbocycles. The highest BCUT2D eigenvalue weighted by Crippen LogP contribution is 2.47. The average Bonchev–Trinajstić information content (AvgIpc) is 3.09. The predicted octanol–water partition coefficient (Wildman–Crippen LogP) is 5.72. The van der Waals surface area contributed by atoms with Crippen LogP contribution in [0.2, 0.25) is 0 Å². The molecule has 0 aromatic carbocycles. The number of amides is 1. The summed E-state index contributed by atoms with van der Waals surface area (Å²) in [4.78, 5) is 23.2. The Morgan fingerprint density at radius 1 is 0.660 bits per heavy atom. The number of carbonyl (C=O) groups is 1. The first-order valence-corrected chi connectivity index (χ1v) is 21.1. The lowest BCUT2D eigenvalue weighted by Gasteiger charge is -2.41. The first-order chi connectivity index (χ1) is 23.9. The number of carbonyl (C=O) groups excluding carboxylic acids is 1. The molecule has 0 saturated heterocycles. The SMILES string of the molecule is CCCCCCCCCCCCC/C=C/[C@@H](O)[C@H](COP(=O)(O)OC1C(O)C(O)C(O)[C@@H](O)C1O)NC(=O)CCCCCCCCCCCC. The van der Waals surface area contributed by atoms with Crippen molar-refractivity contribution in [1.29, 1.82) is 0 Å². The topological polar surface area (TPSA) is 206 Å². The van der Waals surface area contributed by atoms with E-state index < -0.39 is 63.2 Å². The minimum atomic E-state index is -5.06. The van der Waals surface area contributed by atoms with E-state index in [1.807, 2.05) is 6.08 Å². The molecule has 296 valence electrons. The minimum Gasteiger partial charge on any atom is -0.387 e. The third kappa shape index (κ3) is 20.9. The van der Waals surface area contributed by atoms with E-state index in [-0.39, 0.29) is 12.3 Å². The van der Waals surface area contributed by atoms with Crippen LogP contribution in [0.15, 0.2) is 12.2 Å². The third-order valence-electron chi connectivity index (χ3n) is 9.57. The molecule has 0 aromatic heterocycles. The molecule has 1 aliphatic carbocycles.